The summed E-state index contributed by atoms with van der Waals surface area (Å²) in [5.74, 6) is 0. The lowest BCUT2D eigenvalue weighted by atomic mass is 9.94. The van der Waals surface area contributed by atoms with Crippen LogP contribution in [-0.4, -0.2) is 61.5 Å². The molecule has 0 bridgehead atoms. The number of ether oxygens (including phenoxy) is 1. The molecule has 1 saturated carbocycles. The SMILES string of the molecule is CN(CCCNC1COCC1O)C1CCCCC1. The summed E-state index contributed by atoms with van der Waals surface area (Å²) in [6, 6.07) is 0.948. The van der Waals surface area contributed by atoms with E-state index in [1.807, 2.05) is 0 Å². The van der Waals surface area contributed by atoms with E-state index in [9.17, 15) is 5.11 Å². The number of hydrogen-bond donors (Lipinski definition) is 2. The van der Waals surface area contributed by atoms with Crippen molar-refractivity contribution in [1.29, 1.82) is 0 Å². The van der Waals surface area contributed by atoms with Gasteiger partial charge in [-0.15, -0.1) is 0 Å². The second kappa shape index (κ2) is 7.43. The first-order valence-corrected chi connectivity index (χ1v) is 7.47. The Morgan fingerprint density at radius 1 is 1.22 bits per heavy atom. The zero-order valence-corrected chi connectivity index (χ0v) is 11.6. The van der Waals surface area contributed by atoms with E-state index >= 15 is 0 Å². The fourth-order valence-corrected chi connectivity index (χ4v) is 3.06. The Labute approximate surface area is 111 Å². The van der Waals surface area contributed by atoms with Crippen molar-refractivity contribution in [1.82, 2.24) is 10.2 Å². The van der Waals surface area contributed by atoms with Gasteiger partial charge in [0.25, 0.3) is 0 Å². The van der Waals surface area contributed by atoms with Crippen LogP contribution in [0.3, 0.4) is 0 Å². The maximum atomic E-state index is 9.60. The Hall–Kier alpha value is -0.160. The summed E-state index contributed by atoms with van der Waals surface area (Å²) in [5, 5.41) is 13.0. The molecule has 2 N–H and O–H groups in total. The summed E-state index contributed by atoms with van der Waals surface area (Å²) in [6.07, 6.45) is 7.80. The fraction of sp³-hybridized carbons (Fsp3) is 1.00. The smallest absolute Gasteiger partial charge is 0.0948 e. The second-order valence-electron chi connectivity index (χ2n) is 5.79. The standard InChI is InChI=1S/C14H28N2O2/c1-16(12-6-3-2-4-7-12)9-5-8-15-13-10-18-11-14(13)17/h12-15,17H,2-11H2,1H3. The summed E-state index contributed by atoms with van der Waals surface area (Å²) < 4.78 is 5.22. The van der Waals surface area contributed by atoms with E-state index in [1.54, 1.807) is 0 Å². The molecule has 0 radical (unpaired) electrons. The summed E-state index contributed by atoms with van der Waals surface area (Å²) in [4.78, 5) is 2.52. The molecule has 1 aliphatic carbocycles. The molecule has 4 nitrogen and oxygen atoms in total. The fourth-order valence-electron chi connectivity index (χ4n) is 3.06. The number of nitrogens with zero attached hydrogens (tertiary/aromatic N) is 1. The molecule has 1 aliphatic heterocycles. The number of aliphatic hydroxyl groups excluding tert-OH is 1. The monoisotopic (exact) mass is 256 g/mol. The Morgan fingerprint density at radius 2 is 2.00 bits per heavy atom. The zero-order valence-electron chi connectivity index (χ0n) is 11.6. The average Bonchev–Trinajstić information content (AvgIpc) is 2.81. The van der Waals surface area contributed by atoms with Gasteiger partial charge in [-0.2, -0.15) is 0 Å². The molecular weight excluding hydrogens is 228 g/mol. The third-order valence-electron chi connectivity index (χ3n) is 4.34. The van der Waals surface area contributed by atoms with Gasteiger partial charge >= 0.3 is 0 Å². The molecule has 0 amide bonds. The van der Waals surface area contributed by atoms with Crippen LogP contribution in [0.4, 0.5) is 0 Å². The Kier molecular flexibility index (Phi) is 5.89. The third-order valence-corrected chi connectivity index (χ3v) is 4.34. The largest absolute Gasteiger partial charge is 0.389 e. The van der Waals surface area contributed by atoms with Gasteiger partial charge < -0.3 is 20.1 Å². The first-order valence-electron chi connectivity index (χ1n) is 7.47. The molecule has 2 atom stereocenters. The molecule has 0 aromatic rings. The highest BCUT2D eigenvalue weighted by Crippen LogP contribution is 2.21. The van der Waals surface area contributed by atoms with Crippen molar-refractivity contribution in [3.8, 4) is 0 Å². The lowest BCUT2D eigenvalue weighted by Gasteiger charge is -2.31. The van der Waals surface area contributed by atoms with Gasteiger partial charge in [0.2, 0.25) is 0 Å². The van der Waals surface area contributed by atoms with Gasteiger partial charge in [-0.3, -0.25) is 0 Å². The minimum atomic E-state index is -0.318. The van der Waals surface area contributed by atoms with E-state index in [2.05, 4.69) is 17.3 Å². The summed E-state index contributed by atoms with van der Waals surface area (Å²) in [7, 11) is 2.25. The van der Waals surface area contributed by atoms with Gasteiger partial charge in [0.05, 0.1) is 25.4 Å². The van der Waals surface area contributed by atoms with Crippen LogP contribution in [0.15, 0.2) is 0 Å². The van der Waals surface area contributed by atoms with Gasteiger partial charge in [0.1, 0.15) is 0 Å². The summed E-state index contributed by atoms with van der Waals surface area (Å²) in [6.45, 7) is 3.27. The minimum absolute atomic E-state index is 0.144. The van der Waals surface area contributed by atoms with Gasteiger partial charge in [-0.1, -0.05) is 19.3 Å². The van der Waals surface area contributed by atoms with Crippen LogP contribution in [0.25, 0.3) is 0 Å². The Morgan fingerprint density at radius 3 is 2.67 bits per heavy atom. The van der Waals surface area contributed by atoms with Crippen molar-refractivity contribution in [2.75, 3.05) is 33.4 Å². The molecule has 1 saturated heterocycles. The second-order valence-corrected chi connectivity index (χ2v) is 5.79. The Bertz CT molecular complexity index is 232. The zero-order chi connectivity index (χ0) is 12.8. The number of rotatable bonds is 6. The van der Waals surface area contributed by atoms with Crippen LogP contribution in [0.5, 0.6) is 0 Å². The first-order chi connectivity index (χ1) is 8.77. The van der Waals surface area contributed by atoms with Gasteiger partial charge in [0, 0.05) is 6.04 Å². The minimum Gasteiger partial charge on any atom is -0.389 e. The first kappa shape index (κ1) is 14.3. The van der Waals surface area contributed by atoms with E-state index in [-0.39, 0.29) is 12.1 Å². The van der Waals surface area contributed by atoms with Crippen LogP contribution in [0.1, 0.15) is 38.5 Å². The molecule has 2 aliphatic rings. The van der Waals surface area contributed by atoms with Crippen LogP contribution in [0.2, 0.25) is 0 Å². The maximum absolute atomic E-state index is 9.60. The highest BCUT2D eigenvalue weighted by atomic mass is 16.5. The molecule has 2 fully saturated rings. The lowest BCUT2D eigenvalue weighted by molar-refractivity contribution is 0.122. The van der Waals surface area contributed by atoms with Crippen molar-refractivity contribution in [2.45, 2.75) is 56.7 Å². The third kappa shape index (κ3) is 4.19. The number of aliphatic hydroxyl groups is 1. The maximum Gasteiger partial charge on any atom is 0.0948 e. The van der Waals surface area contributed by atoms with Crippen molar-refractivity contribution >= 4 is 0 Å². The molecule has 4 heteroatoms. The molecule has 106 valence electrons. The molecule has 18 heavy (non-hydrogen) atoms. The molecule has 2 unspecified atom stereocenters. The molecular formula is C14H28N2O2. The van der Waals surface area contributed by atoms with Crippen LogP contribution >= 0.6 is 0 Å². The molecule has 1 heterocycles. The van der Waals surface area contributed by atoms with E-state index in [4.69, 9.17) is 4.74 Å². The summed E-state index contributed by atoms with van der Waals surface area (Å²) >= 11 is 0. The molecule has 0 aromatic heterocycles. The van der Waals surface area contributed by atoms with Gasteiger partial charge in [0.15, 0.2) is 0 Å². The number of nitrogens with one attached hydrogen (secondary N) is 1. The van der Waals surface area contributed by atoms with Crippen molar-refractivity contribution in [3.05, 3.63) is 0 Å². The van der Waals surface area contributed by atoms with Crippen LogP contribution in [-0.2, 0) is 4.74 Å². The van der Waals surface area contributed by atoms with E-state index < -0.39 is 0 Å². The van der Waals surface area contributed by atoms with Crippen molar-refractivity contribution < 1.29 is 9.84 Å². The molecule has 0 aromatic carbocycles. The molecule has 2 rings (SSSR count). The van der Waals surface area contributed by atoms with Gasteiger partial charge in [-0.25, -0.2) is 0 Å². The van der Waals surface area contributed by atoms with Crippen LogP contribution < -0.4 is 5.32 Å². The van der Waals surface area contributed by atoms with E-state index in [0.717, 1.165) is 25.6 Å². The highest BCUT2D eigenvalue weighted by Gasteiger charge is 2.25. The predicted octanol–water partition coefficient (Wildman–Crippen LogP) is 0.990. The van der Waals surface area contributed by atoms with Crippen molar-refractivity contribution in [3.63, 3.8) is 0 Å². The van der Waals surface area contributed by atoms with E-state index in [0.29, 0.717) is 13.2 Å². The highest BCUT2D eigenvalue weighted by molar-refractivity contribution is 4.80. The topological polar surface area (TPSA) is 44.7 Å². The normalized spacial score (nSPS) is 30.2. The van der Waals surface area contributed by atoms with Crippen LogP contribution in [0, 0.1) is 0 Å². The molecule has 0 spiro atoms. The summed E-state index contributed by atoms with van der Waals surface area (Å²) in [5.41, 5.74) is 0. The lowest BCUT2D eigenvalue weighted by Crippen LogP contribution is -2.41. The van der Waals surface area contributed by atoms with Gasteiger partial charge in [-0.05, 0) is 39.4 Å². The Balaban J connectivity index is 1.54. The van der Waals surface area contributed by atoms with E-state index in [1.165, 1.54) is 32.1 Å². The average molecular weight is 256 g/mol. The van der Waals surface area contributed by atoms with Crippen molar-refractivity contribution in [2.24, 2.45) is 0 Å². The predicted molar refractivity (Wildman–Crippen MR) is 72.7 cm³/mol. The quantitative estimate of drug-likeness (QED) is 0.696. The number of hydrogen-bond acceptors (Lipinski definition) is 4.